The van der Waals surface area contributed by atoms with Crippen LogP contribution in [0.5, 0.6) is 11.5 Å². The second-order valence-corrected chi connectivity index (χ2v) is 6.15. The van der Waals surface area contributed by atoms with Crippen molar-refractivity contribution < 1.29 is 19.4 Å². The highest BCUT2D eigenvalue weighted by molar-refractivity contribution is 5.87. The Morgan fingerprint density at radius 3 is 2.88 bits per heavy atom. The van der Waals surface area contributed by atoms with Crippen LogP contribution >= 0.6 is 0 Å². The molecule has 0 radical (unpaired) electrons. The summed E-state index contributed by atoms with van der Waals surface area (Å²) in [5.41, 5.74) is 0.207. The van der Waals surface area contributed by atoms with Crippen molar-refractivity contribution in [3.8, 4) is 11.5 Å². The first-order valence-electron chi connectivity index (χ1n) is 8.37. The average molecular weight is 342 g/mol. The summed E-state index contributed by atoms with van der Waals surface area (Å²) in [6, 6.07) is 11.0. The lowest BCUT2D eigenvalue weighted by Gasteiger charge is -2.33. The predicted octanol–water partition coefficient (Wildman–Crippen LogP) is 3.08. The van der Waals surface area contributed by atoms with E-state index in [-0.39, 0.29) is 5.56 Å². The highest BCUT2D eigenvalue weighted by atomic mass is 16.5. The van der Waals surface area contributed by atoms with Crippen LogP contribution in [0.1, 0.15) is 23.2 Å². The molecule has 1 aromatic heterocycles. The maximum atomic E-state index is 10.9. The van der Waals surface area contributed by atoms with E-state index in [1.54, 1.807) is 19.2 Å². The molecule has 1 aromatic carbocycles. The Morgan fingerprint density at radius 1 is 1.32 bits per heavy atom. The quantitative estimate of drug-likeness (QED) is 0.870. The van der Waals surface area contributed by atoms with Crippen LogP contribution in [0.3, 0.4) is 0 Å². The van der Waals surface area contributed by atoms with E-state index < -0.39 is 5.97 Å². The molecule has 1 saturated heterocycles. The Labute approximate surface area is 147 Å². The first-order chi connectivity index (χ1) is 12.2. The van der Waals surface area contributed by atoms with Crippen molar-refractivity contribution in [3.63, 3.8) is 0 Å². The summed E-state index contributed by atoms with van der Waals surface area (Å²) in [6.07, 6.45) is 3.58. The summed E-state index contributed by atoms with van der Waals surface area (Å²) >= 11 is 0. The van der Waals surface area contributed by atoms with E-state index in [9.17, 15) is 4.79 Å². The monoisotopic (exact) mass is 342 g/mol. The number of ether oxygens (including phenoxy) is 2. The van der Waals surface area contributed by atoms with E-state index in [0.29, 0.717) is 12.5 Å². The first-order valence-corrected chi connectivity index (χ1v) is 8.37. The lowest BCUT2D eigenvalue weighted by atomic mass is 9.99. The van der Waals surface area contributed by atoms with Crippen molar-refractivity contribution in [3.05, 3.63) is 48.2 Å². The number of rotatable bonds is 6. The highest BCUT2D eigenvalue weighted by Crippen LogP contribution is 2.24. The lowest BCUT2D eigenvalue weighted by molar-refractivity contribution is 0.0696. The van der Waals surface area contributed by atoms with Gasteiger partial charge in [-0.25, -0.2) is 9.78 Å². The minimum absolute atomic E-state index is 0.207. The molecular formula is C19H22N2O4. The van der Waals surface area contributed by atoms with Crippen LogP contribution in [0.2, 0.25) is 0 Å². The third kappa shape index (κ3) is 4.41. The van der Waals surface area contributed by atoms with Gasteiger partial charge in [-0.3, -0.25) is 0 Å². The van der Waals surface area contributed by atoms with Crippen LogP contribution < -0.4 is 14.4 Å². The number of anilines is 1. The van der Waals surface area contributed by atoms with Gasteiger partial charge in [0.15, 0.2) is 0 Å². The van der Waals surface area contributed by atoms with Gasteiger partial charge >= 0.3 is 5.97 Å². The summed E-state index contributed by atoms with van der Waals surface area (Å²) in [5, 5.41) is 8.96. The van der Waals surface area contributed by atoms with E-state index in [1.165, 1.54) is 6.20 Å². The molecule has 0 spiro atoms. The van der Waals surface area contributed by atoms with Crippen molar-refractivity contribution in [2.75, 3.05) is 31.7 Å². The third-order valence-corrected chi connectivity index (χ3v) is 4.36. The van der Waals surface area contributed by atoms with Crippen molar-refractivity contribution in [1.82, 2.24) is 4.98 Å². The zero-order valence-corrected chi connectivity index (χ0v) is 14.2. The number of nitrogens with zero attached hydrogens (tertiary/aromatic N) is 2. The fourth-order valence-corrected chi connectivity index (χ4v) is 3.01. The Morgan fingerprint density at radius 2 is 2.16 bits per heavy atom. The zero-order valence-electron chi connectivity index (χ0n) is 14.2. The van der Waals surface area contributed by atoms with Gasteiger partial charge in [0.25, 0.3) is 0 Å². The maximum absolute atomic E-state index is 10.9. The standard InChI is InChI=1S/C19H22N2O4/c1-24-16-5-2-6-17(10-16)25-13-14-4-3-9-21(12-14)18-8-7-15(11-20-18)19(22)23/h2,5-8,10-11,14H,3-4,9,12-13H2,1H3,(H,22,23)/t14-/m0/s1. The molecule has 1 aliphatic rings. The van der Waals surface area contributed by atoms with Gasteiger partial charge in [-0.15, -0.1) is 0 Å². The molecule has 0 bridgehead atoms. The van der Waals surface area contributed by atoms with Crippen molar-refractivity contribution in [2.24, 2.45) is 5.92 Å². The highest BCUT2D eigenvalue weighted by Gasteiger charge is 2.21. The van der Waals surface area contributed by atoms with Gasteiger partial charge in [-0.1, -0.05) is 6.07 Å². The molecule has 6 nitrogen and oxygen atoms in total. The van der Waals surface area contributed by atoms with Crippen LogP contribution in [0.4, 0.5) is 5.82 Å². The van der Waals surface area contributed by atoms with Gasteiger partial charge in [0, 0.05) is 31.3 Å². The Balaban J connectivity index is 1.58. The molecule has 1 N–H and O–H groups in total. The van der Waals surface area contributed by atoms with Gasteiger partial charge in [-0.2, -0.15) is 0 Å². The second kappa shape index (κ2) is 7.88. The van der Waals surface area contributed by atoms with Crippen molar-refractivity contribution in [1.29, 1.82) is 0 Å². The summed E-state index contributed by atoms with van der Waals surface area (Å²) in [6.45, 7) is 2.41. The zero-order chi connectivity index (χ0) is 17.6. The van der Waals surface area contributed by atoms with Crippen molar-refractivity contribution in [2.45, 2.75) is 12.8 Å². The number of aromatic nitrogens is 1. The molecule has 3 rings (SSSR count). The largest absolute Gasteiger partial charge is 0.497 e. The molecule has 6 heteroatoms. The lowest BCUT2D eigenvalue weighted by Crippen LogP contribution is -2.38. The number of pyridine rings is 1. The Kier molecular flexibility index (Phi) is 5.38. The molecule has 1 aliphatic heterocycles. The number of carboxylic acids is 1. The number of methoxy groups -OCH3 is 1. The van der Waals surface area contributed by atoms with Gasteiger partial charge < -0.3 is 19.5 Å². The molecule has 1 atom stereocenters. The Hall–Kier alpha value is -2.76. The summed E-state index contributed by atoms with van der Waals surface area (Å²) in [5.74, 6) is 1.85. The molecule has 25 heavy (non-hydrogen) atoms. The summed E-state index contributed by atoms with van der Waals surface area (Å²) in [7, 11) is 1.64. The van der Waals surface area contributed by atoms with Crippen LogP contribution in [0, 0.1) is 5.92 Å². The number of aromatic carboxylic acids is 1. The van der Waals surface area contributed by atoms with Crippen LogP contribution in [-0.2, 0) is 0 Å². The predicted molar refractivity (Wildman–Crippen MR) is 94.6 cm³/mol. The maximum Gasteiger partial charge on any atom is 0.337 e. The number of carboxylic acid groups (broad SMARTS) is 1. The van der Waals surface area contributed by atoms with Gasteiger partial charge in [0.2, 0.25) is 0 Å². The normalized spacial score (nSPS) is 17.2. The number of carbonyl (C=O) groups is 1. The SMILES string of the molecule is COc1cccc(OC[C@H]2CCCN(c3ccc(C(=O)O)cn3)C2)c1. The number of hydrogen-bond donors (Lipinski definition) is 1. The number of benzene rings is 1. The molecule has 0 saturated carbocycles. The van der Waals surface area contributed by atoms with E-state index in [0.717, 1.165) is 43.2 Å². The molecule has 2 heterocycles. The smallest absolute Gasteiger partial charge is 0.337 e. The molecule has 0 amide bonds. The van der Waals surface area contributed by atoms with Gasteiger partial charge in [0.1, 0.15) is 17.3 Å². The van der Waals surface area contributed by atoms with E-state index in [1.807, 2.05) is 24.3 Å². The Bertz CT molecular complexity index is 718. The molecule has 132 valence electrons. The molecule has 0 aliphatic carbocycles. The van der Waals surface area contributed by atoms with E-state index >= 15 is 0 Å². The first kappa shape index (κ1) is 17.1. The number of hydrogen-bond acceptors (Lipinski definition) is 5. The van der Waals surface area contributed by atoms with Crippen LogP contribution in [0.15, 0.2) is 42.6 Å². The minimum atomic E-state index is -0.956. The molecule has 1 fully saturated rings. The average Bonchev–Trinajstić information content (AvgIpc) is 2.67. The van der Waals surface area contributed by atoms with Crippen LogP contribution in [-0.4, -0.2) is 42.9 Å². The molecular weight excluding hydrogens is 320 g/mol. The fraction of sp³-hybridized carbons (Fsp3) is 0.368. The van der Waals surface area contributed by atoms with Gasteiger partial charge in [0.05, 0.1) is 19.3 Å². The molecule has 2 aromatic rings. The third-order valence-electron chi connectivity index (χ3n) is 4.36. The van der Waals surface area contributed by atoms with E-state index in [2.05, 4.69) is 9.88 Å². The summed E-state index contributed by atoms with van der Waals surface area (Å²) < 4.78 is 11.1. The summed E-state index contributed by atoms with van der Waals surface area (Å²) in [4.78, 5) is 17.4. The fourth-order valence-electron chi connectivity index (χ4n) is 3.01. The minimum Gasteiger partial charge on any atom is -0.497 e. The topological polar surface area (TPSA) is 71.9 Å². The van der Waals surface area contributed by atoms with Crippen molar-refractivity contribution >= 4 is 11.8 Å². The van der Waals surface area contributed by atoms with E-state index in [4.69, 9.17) is 14.6 Å². The number of piperidine rings is 1. The van der Waals surface area contributed by atoms with Gasteiger partial charge in [-0.05, 0) is 37.1 Å². The molecule has 0 unspecified atom stereocenters. The second-order valence-electron chi connectivity index (χ2n) is 6.15. The van der Waals surface area contributed by atoms with Crippen LogP contribution in [0.25, 0.3) is 0 Å².